The van der Waals surface area contributed by atoms with Gasteiger partial charge in [-0.05, 0) is 96.7 Å². The van der Waals surface area contributed by atoms with Crippen LogP contribution in [0.5, 0.6) is 0 Å². The van der Waals surface area contributed by atoms with Gasteiger partial charge in [0.1, 0.15) is 12.2 Å². The minimum Gasteiger partial charge on any atom is -0.462 e. The van der Waals surface area contributed by atoms with Crippen molar-refractivity contribution in [2.45, 2.75) is 126 Å². The average Bonchev–Trinajstić information content (AvgIpc) is 2.79. The first kappa shape index (κ1) is 26.7. The third-order valence-electron chi connectivity index (χ3n) is 13.7. The van der Waals surface area contributed by atoms with Crippen LogP contribution in [-0.4, -0.2) is 23.4 Å². The van der Waals surface area contributed by atoms with Crippen LogP contribution in [0.15, 0.2) is 11.6 Å². The summed E-state index contributed by atoms with van der Waals surface area (Å²) >= 11 is 0. The van der Waals surface area contributed by atoms with E-state index in [-0.39, 0.29) is 45.8 Å². The normalized spacial score (nSPS) is 53.7. The van der Waals surface area contributed by atoms with E-state index in [4.69, 9.17) is 9.62 Å². The second kappa shape index (κ2) is 8.31. The summed E-state index contributed by atoms with van der Waals surface area (Å²) in [5.74, 6) is 2.43. The second-order valence-corrected chi connectivity index (χ2v) is 15.5. The molecule has 0 bridgehead atoms. The van der Waals surface area contributed by atoms with E-state index in [0.717, 1.165) is 31.6 Å². The zero-order valence-electron chi connectivity index (χ0n) is 24.4. The number of fused-ring (bicyclic) bond motifs is 7. The van der Waals surface area contributed by atoms with Gasteiger partial charge in [0.15, 0.2) is 0 Å². The van der Waals surface area contributed by atoms with E-state index < -0.39 is 0 Å². The Hall–Kier alpha value is -0.870. The Morgan fingerprint density at radius 2 is 1.64 bits per heavy atom. The Balaban J connectivity index is 1.61. The maximum atomic E-state index is 11.9. The Labute approximate surface area is 219 Å². The predicted octanol–water partition coefficient (Wildman–Crippen LogP) is 8.06. The summed E-state index contributed by atoms with van der Waals surface area (Å²) in [6, 6.07) is 0. The average molecular weight is 501 g/mol. The van der Waals surface area contributed by atoms with E-state index in [9.17, 15) is 10.1 Å². The lowest BCUT2D eigenvalue weighted by molar-refractivity contribution is -0.323. The Kier molecular flexibility index (Phi) is 6.17. The van der Waals surface area contributed by atoms with Crippen molar-refractivity contribution in [2.75, 3.05) is 0 Å². The number of ether oxygens (including phenoxy) is 1. The maximum Gasteiger partial charge on any atom is 0.302 e. The topological polar surface area (TPSA) is 55.8 Å². The van der Waals surface area contributed by atoms with Crippen molar-refractivity contribution in [3.63, 3.8) is 0 Å². The van der Waals surface area contributed by atoms with Crippen LogP contribution < -0.4 is 0 Å². The van der Waals surface area contributed by atoms with Gasteiger partial charge in [-0.1, -0.05) is 67.0 Å². The quantitative estimate of drug-likeness (QED) is 0.180. The number of rotatable bonds is 2. The highest BCUT2D eigenvalue weighted by atomic mass is 17.1. The number of allylic oxidation sites excluding steroid dienone is 1. The standard InChI is InChI=1S/C32H52O4/c1-19-10-13-29(6)16-17-31(8)22(26(29)20(19)2)18-23(36-34)27-30(7)14-12-25(35-21(3)33)28(4,5)24(30)11-15-32(27,31)9/h18-20,23-27,34H,10-17H2,1-9H3/t19-,20+,23+,24+,25+,26+,27-,29-,30+,31-,32-/m1/s1. The molecule has 5 aliphatic rings. The van der Waals surface area contributed by atoms with E-state index in [1.165, 1.54) is 32.6 Å². The smallest absolute Gasteiger partial charge is 0.302 e. The van der Waals surface area contributed by atoms with Crippen LogP contribution in [0.3, 0.4) is 0 Å². The molecule has 5 aliphatic carbocycles. The molecule has 0 amide bonds. The monoisotopic (exact) mass is 500 g/mol. The molecule has 0 aliphatic heterocycles. The van der Waals surface area contributed by atoms with Crippen molar-refractivity contribution in [3.05, 3.63) is 11.6 Å². The molecule has 36 heavy (non-hydrogen) atoms. The Morgan fingerprint density at radius 1 is 0.944 bits per heavy atom. The number of carbonyl (C=O) groups excluding carboxylic acids is 1. The van der Waals surface area contributed by atoms with Gasteiger partial charge in [-0.2, -0.15) is 0 Å². The van der Waals surface area contributed by atoms with Crippen LogP contribution in [0, 0.1) is 56.7 Å². The van der Waals surface area contributed by atoms with Gasteiger partial charge < -0.3 is 4.74 Å². The number of carbonyl (C=O) groups is 1. The number of hydrogen-bond donors (Lipinski definition) is 1. The molecule has 4 saturated carbocycles. The molecule has 5 rings (SSSR count). The van der Waals surface area contributed by atoms with Gasteiger partial charge in [-0.3, -0.25) is 10.1 Å². The molecule has 0 unspecified atom stereocenters. The van der Waals surface area contributed by atoms with E-state index >= 15 is 0 Å². The van der Waals surface area contributed by atoms with Gasteiger partial charge in [0.25, 0.3) is 0 Å². The largest absolute Gasteiger partial charge is 0.462 e. The first-order chi connectivity index (χ1) is 16.7. The molecule has 204 valence electrons. The molecule has 1 N–H and O–H groups in total. The van der Waals surface area contributed by atoms with Crippen molar-refractivity contribution in [3.8, 4) is 0 Å². The van der Waals surface area contributed by atoms with Crippen molar-refractivity contribution < 1.29 is 19.7 Å². The highest BCUT2D eigenvalue weighted by Gasteiger charge is 2.70. The summed E-state index contributed by atoms with van der Waals surface area (Å²) in [6.07, 6.45) is 11.4. The lowest BCUT2D eigenvalue weighted by Crippen LogP contribution is -2.68. The first-order valence-electron chi connectivity index (χ1n) is 14.9. The van der Waals surface area contributed by atoms with Gasteiger partial charge >= 0.3 is 5.97 Å². The van der Waals surface area contributed by atoms with Crippen LogP contribution in [-0.2, 0) is 14.4 Å². The van der Waals surface area contributed by atoms with Crippen LogP contribution in [0.4, 0.5) is 0 Å². The second-order valence-electron chi connectivity index (χ2n) is 15.5. The van der Waals surface area contributed by atoms with Crippen molar-refractivity contribution in [1.29, 1.82) is 0 Å². The molecule has 4 nitrogen and oxygen atoms in total. The molecular weight excluding hydrogens is 448 g/mol. The summed E-state index contributed by atoms with van der Waals surface area (Å²) in [6.45, 7) is 21.2. The Morgan fingerprint density at radius 3 is 2.28 bits per heavy atom. The third kappa shape index (κ3) is 3.34. The minimum absolute atomic E-state index is 0.0117. The highest BCUT2D eigenvalue weighted by molar-refractivity contribution is 5.66. The van der Waals surface area contributed by atoms with Crippen molar-refractivity contribution in [1.82, 2.24) is 0 Å². The lowest BCUT2D eigenvalue weighted by Gasteiger charge is -2.72. The zero-order chi connectivity index (χ0) is 26.5. The maximum absolute atomic E-state index is 11.9. The number of esters is 1. The number of hydrogen-bond acceptors (Lipinski definition) is 4. The van der Waals surface area contributed by atoms with Crippen molar-refractivity contribution >= 4 is 5.97 Å². The summed E-state index contributed by atoms with van der Waals surface area (Å²) in [5, 5.41) is 10.5. The molecule has 0 radical (unpaired) electrons. The third-order valence-corrected chi connectivity index (χ3v) is 13.7. The van der Waals surface area contributed by atoms with Gasteiger partial charge in [0.05, 0.1) is 0 Å². The summed E-state index contributed by atoms with van der Waals surface area (Å²) in [4.78, 5) is 17.4. The SMILES string of the molecule is CC(=O)O[C@H]1CC[C@]2(C)[C@H]3[C@@H](OO)C=C4[C@@H]5[C@@H](C)[C@H](C)CC[C@]5(C)CC[C@@]4(C)[C@]3(C)CC[C@H]2C1(C)C. The summed E-state index contributed by atoms with van der Waals surface area (Å²) < 4.78 is 5.88. The highest BCUT2D eigenvalue weighted by Crippen LogP contribution is 2.76. The molecular formula is C32H52O4. The molecule has 0 aromatic carbocycles. The van der Waals surface area contributed by atoms with Gasteiger partial charge in [0.2, 0.25) is 0 Å². The fourth-order valence-electron chi connectivity index (χ4n) is 11.4. The minimum atomic E-state index is -0.279. The van der Waals surface area contributed by atoms with Crippen molar-refractivity contribution in [2.24, 2.45) is 56.7 Å². The van der Waals surface area contributed by atoms with E-state index in [2.05, 4.69) is 61.5 Å². The molecule has 0 spiro atoms. The van der Waals surface area contributed by atoms with Crippen LogP contribution in [0.1, 0.15) is 114 Å². The van der Waals surface area contributed by atoms with Gasteiger partial charge in [-0.25, -0.2) is 4.89 Å². The molecule has 0 heterocycles. The van der Waals surface area contributed by atoms with E-state index in [1.54, 1.807) is 5.57 Å². The zero-order valence-corrected chi connectivity index (χ0v) is 24.4. The molecule has 0 aromatic rings. The van der Waals surface area contributed by atoms with Crippen LogP contribution in [0.2, 0.25) is 0 Å². The fraction of sp³-hybridized carbons (Fsp3) is 0.906. The molecule has 4 fully saturated rings. The molecule has 11 atom stereocenters. The summed E-state index contributed by atoms with van der Waals surface area (Å²) in [7, 11) is 0. The van der Waals surface area contributed by atoms with Gasteiger partial charge in [-0.15, -0.1) is 0 Å². The van der Waals surface area contributed by atoms with Crippen LogP contribution in [0.25, 0.3) is 0 Å². The van der Waals surface area contributed by atoms with Crippen LogP contribution >= 0.6 is 0 Å². The Bertz CT molecular complexity index is 938. The molecule has 4 heteroatoms. The summed E-state index contributed by atoms with van der Waals surface area (Å²) in [5.41, 5.74) is 2.03. The van der Waals surface area contributed by atoms with Gasteiger partial charge in [0, 0.05) is 18.3 Å². The first-order valence-corrected chi connectivity index (χ1v) is 14.9. The van der Waals surface area contributed by atoms with E-state index in [0.29, 0.717) is 23.2 Å². The molecule has 0 saturated heterocycles. The van der Waals surface area contributed by atoms with E-state index in [1.807, 2.05) is 0 Å². The predicted molar refractivity (Wildman–Crippen MR) is 143 cm³/mol. The molecule has 0 aromatic heterocycles. The fourth-order valence-corrected chi connectivity index (χ4v) is 11.4. The lowest BCUT2D eigenvalue weighted by atomic mass is 9.33.